The highest BCUT2D eigenvalue weighted by molar-refractivity contribution is 7.91. The monoisotopic (exact) mass is 318 g/mol. The van der Waals surface area contributed by atoms with Crippen molar-refractivity contribution in [1.82, 2.24) is 5.32 Å². The second-order valence-electron chi connectivity index (χ2n) is 4.72. The van der Waals surface area contributed by atoms with Crippen LogP contribution in [0.5, 0.6) is 0 Å². The summed E-state index contributed by atoms with van der Waals surface area (Å²) in [7, 11) is -2.80. The third kappa shape index (κ3) is 4.43. The molecule has 2 N–H and O–H groups in total. The first-order chi connectivity index (χ1) is 8.98. The van der Waals surface area contributed by atoms with Gasteiger partial charge >= 0.3 is 0 Å². The summed E-state index contributed by atoms with van der Waals surface area (Å²) in [6.45, 7) is 2.74. The van der Waals surface area contributed by atoms with Crippen molar-refractivity contribution in [3.05, 3.63) is 17.0 Å². The summed E-state index contributed by atoms with van der Waals surface area (Å²) in [6, 6.07) is 4.09. The molecule has 0 radical (unpaired) electrons. The van der Waals surface area contributed by atoms with Crippen LogP contribution in [-0.4, -0.2) is 31.6 Å². The van der Waals surface area contributed by atoms with Gasteiger partial charge in [0.2, 0.25) is 0 Å². The highest BCUT2D eigenvalue weighted by atomic mass is 32.2. The number of hydrogen-bond donors (Lipinski definition) is 2. The third-order valence-electron chi connectivity index (χ3n) is 3.12. The van der Waals surface area contributed by atoms with Crippen LogP contribution in [0.3, 0.4) is 0 Å². The lowest BCUT2D eigenvalue weighted by Crippen LogP contribution is -2.33. The van der Waals surface area contributed by atoms with Gasteiger partial charge in [0, 0.05) is 11.4 Å². The average Bonchev–Trinajstić information content (AvgIpc) is 2.93. The second-order valence-corrected chi connectivity index (χ2v) is 8.53. The van der Waals surface area contributed by atoms with E-state index in [0.29, 0.717) is 17.4 Å². The van der Waals surface area contributed by atoms with Crippen LogP contribution >= 0.6 is 23.6 Å². The Morgan fingerprint density at radius 1 is 1.53 bits per heavy atom. The largest absolute Gasteiger partial charge is 0.362 e. The molecule has 1 aliphatic heterocycles. The predicted octanol–water partition coefficient (Wildman–Crippen LogP) is 2.03. The molecule has 0 aromatic carbocycles. The van der Waals surface area contributed by atoms with Gasteiger partial charge in [-0.2, -0.15) is 0 Å². The molecule has 1 fully saturated rings. The predicted molar refractivity (Wildman–Crippen MR) is 84.7 cm³/mol. The van der Waals surface area contributed by atoms with Gasteiger partial charge in [-0.25, -0.2) is 8.42 Å². The van der Waals surface area contributed by atoms with Crippen LogP contribution in [0, 0.1) is 5.92 Å². The number of aryl methyl sites for hydroxylation is 1. The molecule has 2 rings (SSSR count). The Bertz CT molecular complexity index is 551. The van der Waals surface area contributed by atoms with Gasteiger partial charge in [-0.1, -0.05) is 6.92 Å². The summed E-state index contributed by atoms with van der Waals surface area (Å²) in [5, 5.41) is 7.82. The van der Waals surface area contributed by atoms with Gasteiger partial charge in [0.05, 0.1) is 16.5 Å². The van der Waals surface area contributed by atoms with E-state index in [-0.39, 0.29) is 11.7 Å². The smallest absolute Gasteiger partial charge is 0.171 e. The van der Waals surface area contributed by atoms with Gasteiger partial charge in [0.15, 0.2) is 14.9 Å². The van der Waals surface area contributed by atoms with Crippen LogP contribution in [0.2, 0.25) is 0 Å². The maximum absolute atomic E-state index is 11.3. The van der Waals surface area contributed by atoms with Gasteiger partial charge in [0.25, 0.3) is 0 Å². The summed E-state index contributed by atoms with van der Waals surface area (Å²) < 4.78 is 22.7. The van der Waals surface area contributed by atoms with Crippen molar-refractivity contribution in [2.75, 3.05) is 23.4 Å². The van der Waals surface area contributed by atoms with E-state index in [9.17, 15) is 8.42 Å². The van der Waals surface area contributed by atoms with E-state index in [2.05, 4.69) is 23.6 Å². The molecule has 0 bridgehead atoms. The highest BCUT2D eigenvalue weighted by Gasteiger charge is 2.27. The van der Waals surface area contributed by atoms with Gasteiger partial charge in [-0.3, -0.25) is 0 Å². The van der Waals surface area contributed by atoms with Gasteiger partial charge in [-0.15, -0.1) is 11.3 Å². The SMILES string of the molecule is CCc1ccc(NC(=S)NC[C@@H]2CCS(=O)(=O)C2)s1. The minimum atomic E-state index is -2.80. The van der Waals surface area contributed by atoms with Gasteiger partial charge in [0.1, 0.15) is 0 Å². The standard InChI is InChI=1S/C12H18N2O2S3/c1-2-10-3-4-11(18-10)14-12(17)13-7-9-5-6-19(15,16)8-9/h3-4,9H,2,5-8H2,1H3,(H2,13,14,17)/t9-/m0/s1. The lowest BCUT2D eigenvalue weighted by molar-refractivity contribution is 0.574. The molecule has 1 aromatic rings. The zero-order valence-corrected chi connectivity index (χ0v) is 13.3. The molecule has 106 valence electrons. The molecule has 7 heteroatoms. The minimum Gasteiger partial charge on any atom is -0.362 e. The van der Waals surface area contributed by atoms with Crippen molar-refractivity contribution in [1.29, 1.82) is 0 Å². The van der Waals surface area contributed by atoms with Crippen molar-refractivity contribution in [3.8, 4) is 0 Å². The number of hydrogen-bond acceptors (Lipinski definition) is 4. The number of nitrogens with one attached hydrogen (secondary N) is 2. The number of sulfone groups is 1. The molecule has 1 atom stereocenters. The average molecular weight is 318 g/mol. The minimum absolute atomic E-state index is 0.180. The maximum atomic E-state index is 11.3. The fourth-order valence-corrected chi connectivity index (χ4v) is 5.03. The molecule has 0 unspecified atom stereocenters. The van der Waals surface area contributed by atoms with Crippen molar-refractivity contribution in [2.45, 2.75) is 19.8 Å². The molecule has 4 nitrogen and oxygen atoms in total. The molecule has 0 amide bonds. The first-order valence-corrected chi connectivity index (χ1v) is 9.37. The molecule has 1 aromatic heterocycles. The van der Waals surface area contributed by atoms with Crippen LogP contribution < -0.4 is 10.6 Å². The molecule has 0 aliphatic carbocycles. The summed E-state index contributed by atoms with van der Waals surface area (Å²) in [5.74, 6) is 0.769. The Balaban J connectivity index is 1.76. The zero-order valence-electron chi connectivity index (χ0n) is 10.8. The Morgan fingerprint density at radius 2 is 2.32 bits per heavy atom. The highest BCUT2D eigenvalue weighted by Crippen LogP contribution is 2.22. The van der Waals surface area contributed by atoms with E-state index in [1.807, 2.05) is 6.07 Å². The Morgan fingerprint density at radius 3 is 2.89 bits per heavy atom. The van der Waals surface area contributed by atoms with Crippen LogP contribution in [0.4, 0.5) is 5.00 Å². The Kier molecular flexibility index (Phi) is 4.81. The normalized spacial score (nSPS) is 21.2. The molecular weight excluding hydrogens is 300 g/mol. The van der Waals surface area contributed by atoms with E-state index < -0.39 is 9.84 Å². The summed E-state index contributed by atoms with van der Waals surface area (Å²) in [5.41, 5.74) is 0. The number of thiophene rings is 1. The molecule has 0 spiro atoms. The van der Waals surface area contributed by atoms with Crippen LogP contribution in [0.1, 0.15) is 18.2 Å². The van der Waals surface area contributed by atoms with Crippen LogP contribution in [0.15, 0.2) is 12.1 Å². The third-order valence-corrected chi connectivity index (χ3v) is 6.35. The first-order valence-electron chi connectivity index (χ1n) is 6.32. The molecule has 0 saturated carbocycles. The summed E-state index contributed by atoms with van der Waals surface area (Å²) >= 11 is 6.89. The van der Waals surface area contributed by atoms with E-state index in [1.165, 1.54) is 4.88 Å². The Hall–Kier alpha value is -0.660. The quantitative estimate of drug-likeness (QED) is 0.832. The summed E-state index contributed by atoms with van der Waals surface area (Å²) in [4.78, 5) is 1.31. The topological polar surface area (TPSA) is 58.2 Å². The lowest BCUT2D eigenvalue weighted by Gasteiger charge is -2.12. The van der Waals surface area contributed by atoms with E-state index >= 15 is 0 Å². The van der Waals surface area contributed by atoms with Crippen LogP contribution in [0.25, 0.3) is 0 Å². The van der Waals surface area contributed by atoms with Crippen molar-refractivity contribution >= 4 is 43.5 Å². The van der Waals surface area contributed by atoms with Crippen LogP contribution in [-0.2, 0) is 16.3 Å². The zero-order chi connectivity index (χ0) is 13.9. The van der Waals surface area contributed by atoms with Crippen molar-refractivity contribution in [3.63, 3.8) is 0 Å². The van der Waals surface area contributed by atoms with Crippen molar-refractivity contribution < 1.29 is 8.42 Å². The number of rotatable bonds is 4. The summed E-state index contributed by atoms with van der Waals surface area (Å²) in [6.07, 6.45) is 1.75. The molecule has 2 heterocycles. The van der Waals surface area contributed by atoms with E-state index in [0.717, 1.165) is 17.8 Å². The second kappa shape index (κ2) is 6.19. The number of thiocarbonyl (C=S) groups is 1. The lowest BCUT2D eigenvalue weighted by atomic mass is 10.1. The molecule has 1 aliphatic rings. The van der Waals surface area contributed by atoms with Gasteiger partial charge in [-0.05, 0) is 43.1 Å². The molecule has 1 saturated heterocycles. The first kappa shape index (κ1) is 14.7. The fourth-order valence-electron chi connectivity index (χ4n) is 2.06. The number of anilines is 1. The maximum Gasteiger partial charge on any atom is 0.171 e. The Labute approximate surface area is 123 Å². The van der Waals surface area contributed by atoms with E-state index in [1.54, 1.807) is 11.3 Å². The molecule has 19 heavy (non-hydrogen) atoms. The fraction of sp³-hybridized carbons (Fsp3) is 0.583. The van der Waals surface area contributed by atoms with E-state index in [4.69, 9.17) is 12.2 Å². The van der Waals surface area contributed by atoms with Crippen molar-refractivity contribution in [2.24, 2.45) is 5.92 Å². The molecular formula is C12H18N2O2S3. The van der Waals surface area contributed by atoms with Gasteiger partial charge < -0.3 is 10.6 Å².